The zero-order valence-electron chi connectivity index (χ0n) is 26.4. The molecule has 0 saturated heterocycles. The number of fused-ring (bicyclic) bond motifs is 6. The normalized spacial score (nSPS) is 14.2. The lowest BCUT2D eigenvalue weighted by Crippen LogP contribution is -2.33. The van der Waals surface area contributed by atoms with E-state index < -0.39 is 19.7 Å². The van der Waals surface area contributed by atoms with Crippen LogP contribution in [0, 0.1) is 0 Å². The van der Waals surface area contributed by atoms with Crippen LogP contribution in [0.15, 0.2) is 142 Å². The smallest absolute Gasteiger partial charge is 0.423 e. The summed E-state index contributed by atoms with van der Waals surface area (Å²) in [6.45, 7) is 4.33. The molecule has 8 heteroatoms. The Morgan fingerprint density at radius 1 is 0.438 bits per heavy atom. The van der Waals surface area contributed by atoms with Crippen LogP contribution < -0.4 is 10.9 Å². The van der Waals surface area contributed by atoms with E-state index >= 15 is 0 Å². The zero-order valence-corrected chi connectivity index (χ0v) is 29.6. The molecule has 0 unspecified atom stereocenters. The first-order valence-electron chi connectivity index (χ1n) is 15.8. The summed E-state index contributed by atoms with van der Waals surface area (Å²) in [6, 6.07) is 44.9. The van der Waals surface area contributed by atoms with Gasteiger partial charge in [-0.2, -0.15) is 0 Å². The average molecular weight is 758 g/mol. The monoisotopic (exact) mass is 756 g/mol. The number of benzene rings is 6. The first kappa shape index (κ1) is 32.8. The summed E-state index contributed by atoms with van der Waals surface area (Å²) >= 11 is 7.18. The largest absolute Gasteiger partial charge is 0.488 e. The summed E-state index contributed by atoms with van der Waals surface area (Å²) in [5.74, 6) is 0. The van der Waals surface area contributed by atoms with Crippen molar-refractivity contribution in [3.05, 3.63) is 176 Å². The van der Waals surface area contributed by atoms with Gasteiger partial charge < -0.3 is 20.1 Å². The van der Waals surface area contributed by atoms with Crippen LogP contribution in [0.3, 0.4) is 0 Å². The molecule has 0 heterocycles. The molecule has 0 fully saturated rings. The van der Waals surface area contributed by atoms with Crippen LogP contribution in [0.2, 0.25) is 0 Å². The van der Waals surface area contributed by atoms with Crippen molar-refractivity contribution in [3.8, 4) is 22.3 Å². The van der Waals surface area contributed by atoms with Crippen LogP contribution in [-0.4, -0.2) is 34.3 Å². The van der Waals surface area contributed by atoms with Crippen LogP contribution in [-0.2, 0) is 10.8 Å². The lowest BCUT2D eigenvalue weighted by molar-refractivity contribution is 0.424. The number of halogens is 2. The number of hydrogen-bond donors (Lipinski definition) is 4. The Hall–Kier alpha value is -3.75. The van der Waals surface area contributed by atoms with Gasteiger partial charge in [-0.15, -0.1) is 0 Å². The van der Waals surface area contributed by atoms with E-state index in [9.17, 15) is 20.1 Å². The fourth-order valence-electron chi connectivity index (χ4n) is 7.53. The maximum atomic E-state index is 9.88. The molecule has 0 saturated carbocycles. The third-order valence-electron chi connectivity index (χ3n) is 9.80. The van der Waals surface area contributed by atoms with Gasteiger partial charge in [-0.1, -0.05) is 155 Å². The Morgan fingerprint density at radius 3 is 1.25 bits per heavy atom. The standard InChI is InChI=1S/C25H18BBrO2.C15H14BBrO2/c27-20-12-14-22-21-13-11-19(26(28)29)15-23(21)25(24(22)16-20,17-7-3-1-4-8-17)18-9-5-2-6-10-18;1-15(2)13-7-9(16(18)19)3-5-11(13)12-6-4-10(17)8-14(12)15/h1-16,28-29H;3-8,18-19H,1-2H3. The van der Waals surface area contributed by atoms with E-state index in [4.69, 9.17) is 0 Å². The topological polar surface area (TPSA) is 80.9 Å². The van der Waals surface area contributed by atoms with Crippen molar-refractivity contribution in [2.45, 2.75) is 24.7 Å². The van der Waals surface area contributed by atoms with Crippen LogP contribution in [0.4, 0.5) is 0 Å². The molecule has 2 aliphatic rings. The second kappa shape index (κ2) is 12.6. The molecule has 4 nitrogen and oxygen atoms in total. The second-order valence-electron chi connectivity index (χ2n) is 12.8. The van der Waals surface area contributed by atoms with Gasteiger partial charge in [0, 0.05) is 14.4 Å². The molecule has 0 aromatic heterocycles. The SMILES string of the molecule is CC1(C)c2cc(Br)ccc2-c2ccc(B(O)O)cc21.OB(O)c1ccc2c(c1)C(c1ccccc1)(c1ccccc1)c1cc(Br)ccc1-2. The van der Waals surface area contributed by atoms with E-state index in [0.717, 1.165) is 42.3 Å². The quantitative estimate of drug-likeness (QED) is 0.147. The molecule has 0 bridgehead atoms. The van der Waals surface area contributed by atoms with Gasteiger partial charge in [-0.25, -0.2) is 0 Å². The zero-order chi connectivity index (χ0) is 33.8. The van der Waals surface area contributed by atoms with E-state index in [-0.39, 0.29) is 5.41 Å². The lowest BCUT2D eigenvalue weighted by atomic mass is 9.66. The van der Waals surface area contributed by atoms with Gasteiger partial charge in [-0.05, 0) is 90.8 Å². The Balaban J connectivity index is 0.000000166. The summed E-state index contributed by atoms with van der Waals surface area (Å²) < 4.78 is 2.08. The molecule has 0 amide bonds. The van der Waals surface area contributed by atoms with Crippen LogP contribution in [0.25, 0.3) is 22.3 Å². The minimum Gasteiger partial charge on any atom is -0.423 e. The summed E-state index contributed by atoms with van der Waals surface area (Å²) in [6.07, 6.45) is 0. The van der Waals surface area contributed by atoms with Crippen molar-refractivity contribution in [2.75, 3.05) is 0 Å². The van der Waals surface area contributed by atoms with E-state index in [1.807, 2.05) is 42.5 Å². The van der Waals surface area contributed by atoms with Crippen molar-refractivity contribution in [2.24, 2.45) is 0 Å². The highest BCUT2D eigenvalue weighted by molar-refractivity contribution is 9.10. The Kier molecular flexibility index (Phi) is 8.61. The molecule has 6 aromatic carbocycles. The number of rotatable bonds is 4. The van der Waals surface area contributed by atoms with Gasteiger partial charge in [-0.3, -0.25) is 0 Å². The van der Waals surface area contributed by atoms with Crippen LogP contribution in [0.1, 0.15) is 47.2 Å². The Labute approximate surface area is 298 Å². The van der Waals surface area contributed by atoms with Gasteiger partial charge in [0.15, 0.2) is 0 Å². The van der Waals surface area contributed by atoms with Gasteiger partial charge >= 0.3 is 14.2 Å². The fourth-order valence-corrected chi connectivity index (χ4v) is 8.25. The van der Waals surface area contributed by atoms with Crippen LogP contribution >= 0.6 is 31.9 Å². The van der Waals surface area contributed by atoms with Crippen molar-refractivity contribution in [1.29, 1.82) is 0 Å². The first-order chi connectivity index (χ1) is 23.0. The van der Waals surface area contributed by atoms with Gasteiger partial charge in [0.25, 0.3) is 0 Å². The Morgan fingerprint density at radius 2 is 0.792 bits per heavy atom. The molecule has 0 spiro atoms. The molecular formula is C40H32B2Br2O4. The van der Waals surface area contributed by atoms with E-state index in [0.29, 0.717) is 10.9 Å². The first-order valence-corrected chi connectivity index (χ1v) is 17.3. The predicted octanol–water partition coefficient (Wildman–Crippen LogP) is 6.93. The molecule has 0 atom stereocenters. The third-order valence-corrected chi connectivity index (χ3v) is 10.8. The average Bonchev–Trinajstić information content (AvgIpc) is 3.50. The molecule has 0 aliphatic heterocycles. The summed E-state index contributed by atoms with van der Waals surface area (Å²) in [5, 5.41) is 38.4. The summed E-state index contributed by atoms with van der Waals surface area (Å²) in [7, 11) is -2.93. The lowest BCUT2D eigenvalue weighted by Gasteiger charge is -2.34. The minimum absolute atomic E-state index is 0.126. The predicted molar refractivity (Wildman–Crippen MR) is 203 cm³/mol. The summed E-state index contributed by atoms with van der Waals surface area (Å²) in [4.78, 5) is 0. The highest BCUT2D eigenvalue weighted by Crippen LogP contribution is 2.56. The molecule has 8 rings (SSSR count). The maximum Gasteiger partial charge on any atom is 0.488 e. The maximum absolute atomic E-state index is 9.88. The second-order valence-corrected chi connectivity index (χ2v) is 14.7. The van der Waals surface area contributed by atoms with Crippen molar-refractivity contribution >= 4 is 57.0 Å². The van der Waals surface area contributed by atoms with E-state index in [1.165, 1.54) is 22.3 Å². The van der Waals surface area contributed by atoms with E-state index in [1.54, 1.807) is 12.1 Å². The van der Waals surface area contributed by atoms with Crippen molar-refractivity contribution < 1.29 is 20.1 Å². The highest BCUT2D eigenvalue weighted by atomic mass is 79.9. The molecule has 0 radical (unpaired) electrons. The molecule has 2 aliphatic carbocycles. The van der Waals surface area contributed by atoms with E-state index in [2.05, 4.69) is 125 Å². The fraction of sp³-hybridized carbons (Fsp3) is 0.100. The molecule has 6 aromatic rings. The highest BCUT2D eigenvalue weighted by Gasteiger charge is 2.46. The molecule has 48 heavy (non-hydrogen) atoms. The third kappa shape index (κ3) is 5.32. The van der Waals surface area contributed by atoms with Gasteiger partial charge in [0.1, 0.15) is 0 Å². The molecule has 4 N–H and O–H groups in total. The van der Waals surface area contributed by atoms with Gasteiger partial charge in [0.2, 0.25) is 0 Å². The van der Waals surface area contributed by atoms with Gasteiger partial charge in [0.05, 0.1) is 5.41 Å². The summed E-state index contributed by atoms with van der Waals surface area (Å²) in [5.41, 5.74) is 12.0. The minimum atomic E-state index is -1.51. The Bertz CT molecular complexity index is 2110. The molecule has 236 valence electrons. The van der Waals surface area contributed by atoms with Crippen molar-refractivity contribution in [1.82, 2.24) is 0 Å². The molecular weight excluding hydrogens is 726 g/mol. The van der Waals surface area contributed by atoms with Crippen molar-refractivity contribution in [3.63, 3.8) is 0 Å². The number of hydrogen-bond acceptors (Lipinski definition) is 4. The van der Waals surface area contributed by atoms with Crippen LogP contribution in [0.5, 0.6) is 0 Å².